The van der Waals surface area contributed by atoms with Gasteiger partial charge in [0.25, 0.3) is 0 Å². The molecule has 0 radical (unpaired) electrons. The molecule has 1 atom stereocenters. The fourth-order valence-corrected chi connectivity index (χ4v) is 4.00. The van der Waals surface area contributed by atoms with E-state index in [0.717, 1.165) is 24.1 Å². The summed E-state index contributed by atoms with van der Waals surface area (Å²) in [6.07, 6.45) is 4.98. The zero-order valence-electron chi connectivity index (χ0n) is 14.1. The van der Waals surface area contributed by atoms with E-state index in [1.54, 1.807) is 0 Å². The molecule has 124 valence electrons. The number of hydrogen-bond acceptors (Lipinski definition) is 2. The third-order valence-electron chi connectivity index (χ3n) is 5.26. The second-order valence-electron chi connectivity index (χ2n) is 6.75. The molecule has 1 aliphatic heterocycles. The van der Waals surface area contributed by atoms with Crippen molar-refractivity contribution in [3.05, 3.63) is 29.8 Å². The highest BCUT2D eigenvalue weighted by Gasteiger charge is 2.40. The molecule has 3 rings (SSSR count). The summed E-state index contributed by atoms with van der Waals surface area (Å²) < 4.78 is 0. The second kappa shape index (κ2) is 6.73. The van der Waals surface area contributed by atoms with E-state index in [1.165, 1.54) is 12.8 Å². The Kier molecular flexibility index (Phi) is 4.69. The van der Waals surface area contributed by atoms with E-state index in [2.05, 4.69) is 0 Å². The summed E-state index contributed by atoms with van der Waals surface area (Å²) in [4.78, 5) is 29.1. The zero-order valence-corrected chi connectivity index (χ0v) is 14.1. The van der Waals surface area contributed by atoms with Crippen molar-refractivity contribution in [3.63, 3.8) is 0 Å². The minimum absolute atomic E-state index is 0.0932. The molecule has 2 amide bonds. The Labute approximate surface area is 138 Å². The van der Waals surface area contributed by atoms with Gasteiger partial charge in [0.1, 0.15) is 0 Å². The predicted octanol–water partition coefficient (Wildman–Crippen LogP) is 3.14. The second-order valence-corrected chi connectivity index (χ2v) is 6.75. The number of aryl methyl sites for hydroxylation is 1. The van der Waals surface area contributed by atoms with Gasteiger partial charge in [0, 0.05) is 31.2 Å². The van der Waals surface area contributed by atoms with Crippen LogP contribution in [-0.2, 0) is 9.59 Å². The Hall–Kier alpha value is -1.84. The van der Waals surface area contributed by atoms with Crippen molar-refractivity contribution in [1.29, 1.82) is 0 Å². The van der Waals surface area contributed by atoms with Crippen LogP contribution in [0.2, 0.25) is 0 Å². The van der Waals surface area contributed by atoms with Crippen LogP contribution in [0.1, 0.15) is 44.6 Å². The summed E-state index contributed by atoms with van der Waals surface area (Å²) in [6.45, 7) is 5.26. The highest BCUT2D eigenvalue weighted by Crippen LogP contribution is 2.31. The molecule has 1 unspecified atom stereocenters. The fourth-order valence-electron chi connectivity index (χ4n) is 4.00. The van der Waals surface area contributed by atoms with Gasteiger partial charge in [0.15, 0.2) is 0 Å². The van der Waals surface area contributed by atoms with Gasteiger partial charge in [-0.1, -0.05) is 31.0 Å². The van der Waals surface area contributed by atoms with Crippen LogP contribution in [-0.4, -0.2) is 35.8 Å². The van der Waals surface area contributed by atoms with Gasteiger partial charge in [0.05, 0.1) is 5.92 Å². The quantitative estimate of drug-likeness (QED) is 0.856. The first-order valence-corrected chi connectivity index (χ1v) is 8.78. The van der Waals surface area contributed by atoms with E-state index in [0.29, 0.717) is 25.6 Å². The minimum Gasteiger partial charge on any atom is -0.339 e. The molecular weight excluding hydrogens is 288 g/mol. The number of para-hydroxylation sites is 1. The SMILES string of the molecule is CCN(C(=O)C1CC(=O)N(C2CCCC2)C1)c1ccccc1C. The standard InChI is InChI=1S/C19H26N2O2/c1-3-20(17-11-7-4-8-14(17)2)19(23)15-12-18(22)21(13-15)16-9-5-6-10-16/h4,7-8,11,15-16H,3,5-6,9-10,12-13H2,1-2H3. The first-order chi connectivity index (χ1) is 11.1. The zero-order chi connectivity index (χ0) is 16.4. The molecule has 1 saturated carbocycles. The maximum atomic E-state index is 13.0. The van der Waals surface area contributed by atoms with Crippen molar-refractivity contribution in [2.24, 2.45) is 5.92 Å². The largest absolute Gasteiger partial charge is 0.339 e. The van der Waals surface area contributed by atoms with Gasteiger partial charge in [-0.15, -0.1) is 0 Å². The molecule has 1 aromatic carbocycles. The first kappa shape index (κ1) is 16.0. The van der Waals surface area contributed by atoms with Crippen molar-refractivity contribution in [2.75, 3.05) is 18.0 Å². The molecule has 1 aliphatic carbocycles. The van der Waals surface area contributed by atoms with Gasteiger partial charge in [-0.25, -0.2) is 0 Å². The monoisotopic (exact) mass is 314 g/mol. The number of likely N-dealkylation sites (tertiary alicyclic amines) is 1. The van der Waals surface area contributed by atoms with Crippen LogP contribution in [0.5, 0.6) is 0 Å². The van der Waals surface area contributed by atoms with Gasteiger partial charge in [0.2, 0.25) is 11.8 Å². The van der Waals surface area contributed by atoms with Crippen molar-refractivity contribution in [3.8, 4) is 0 Å². The lowest BCUT2D eigenvalue weighted by Gasteiger charge is -2.27. The Balaban J connectivity index is 1.74. The molecule has 2 fully saturated rings. The van der Waals surface area contributed by atoms with Crippen LogP contribution >= 0.6 is 0 Å². The number of anilines is 1. The van der Waals surface area contributed by atoms with Gasteiger partial charge in [-0.05, 0) is 38.3 Å². The van der Waals surface area contributed by atoms with Crippen LogP contribution in [0.3, 0.4) is 0 Å². The van der Waals surface area contributed by atoms with E-state index in [-0.39, 0.29) is 17.7 Å². The van der Waals surface area contributed by atoms with Gasteiger partial charge >= 0.3 is 0 Å². The van der Waals surface area contributed by atoms with Crippen LogP contribution in [0.4, 0.5) is 5.69 Å². The Morgan fingerprint density at radius 3 is 2.61 bits per heavy atom. The maximum Gasteiger partial charge on any atom is 0.232 e. The molecule has 2 aliphatic rings. The van der Waals surface area contributed by atoms with Gasteiger partial charge in [-0.2, -0.15) is 0 Å². The Morgan fingerprint density at radius 2 is 1.96 bits per heavy atom. The Morgan fingerprint density at radius 1 is 1.26 bits per heavy atom. The summed E-state index contributed by atoms with van der Waals surface area (Å²) in [5.74, 6) is 0.0642. The van der Waals surface area contributed by atoms with Crippen LogP contribution < -0.4 is 4.90 Å². The number of hydrogen-bond donors (Lipinski definition) is 0. The summed E-state index contributed by atoms with van der Waals surface area (Å²) in [5, 5.41) is 0. The molecule has 0 spiro atoms. The van der Waals surface area contributed by atoms with E-state index in [9.17, 15) is 9.59 Å². The summed E-state index contributed by atoms with van der Waals surface area (Å²) in [7, 11) is 0. The molecule has 0 N–H and O–H groups in total. The number of amides is 2. The maximum absolute atomic E-state index is 13.0. The van der Waals surface area contributed by atoms with E-state index in [4.69, 9.17) is 0 Å². The van der Waals surface area contributed by atoms with Crippen LogP contribution in [0.25, 0.3) is 0 Å². The van der Waals surface area contributed by atoms with Crippen molar-refractivity contribution in [2.45, 2.75) is 52.0 Å². The highest BCUT2D eigenvalue weighted by molar-refractivity contribution is 5.99. The normalized spacial score (nSPS) is 21.9. The molecule has 4 nitrogen and oxygen atoms in total. The van der Waals surface area contributed by atoms with E-state index < -0.39 is 0 Å². The lowest BCUT2D eigenvalue weighted by Crippen LogP contribution is -2.39. The molecule has 0 bridgehead atoms. The molecule has 1 heterocycles. The summed E-state index contributed by atoms with van der Waals surface area (Å²) in [5.41, 5.74) is 2.06. The molecule has 23 heavy (non-hydrogen) atoms. The third kappa shape index (κ3) is 3.12. The third-order valence-corrected chi connectivity index (χ3v) is 5.26. The molecular formula is C19H26N2O2. The van der Waals surface area contributed by atoms with Crippen molar-refractivity contribution < 1.29 is 9.59 Å². The van der Waals surface area contributed by atoms with Crippen molar-refractivity contribution >= 4 is 17.5 Å². The molecule has 0 aromatic heterocycles. The lowest BCUT2D eigenvalue weighted by atomic mass is 10.1. The molecule has 4 heteroatoms. The topological polar surface area (TPSA) is 40.6 Å². The molecule has 1 saturated heterocycles. The van der Waals surface area contributed by atoms with E-state index >= 15 is 0 Å². The van der Waals surface area contributed by atoms with Crippen LogP contribution in [0, 0.1) is 12.8 Å². The number of rotatable bonds is 4. The van der Waals surface area contributed by atoms with Gasteiger partial charge in [-0.3, -0.25) is 9.59 Å². The molecule has 1 aromatic rings. The van der Waals surface area contributed by atoms with Crippen molar-refractivity contribution in [1.82, 2.24) is 4.90 Å². The smallest absolute Gasteiger partial charge is 0.232 e. The fraction of sp³-hybridized carbons (Fsp3) is 0.579. The lowest BCUT2D eigenvalue weighted by molar-refractivity contribution is -0.130. The van der Waals surface area contributed by atoms with Gasteiger partial charge < -0.3 is 9.80 Å². The predicted molar refractivity (Wildman–Crippen MR) is 91.3 cm³/mol. The Bertz CT molecular complexity index is 593. The van der Waals surface area contributed by atoms with E-state index in [1.807, 2.05) is 47.9 Å². The average molecular weight is 314 g/mol. The first-order valence-electron chi connectivity index (χ1n) is 8.78. The van der Waals surface area contributed by atoms with Crippen LogP contribution in [0.15, 0.2) is 24.3 Å². The summed E-state index contributed by atoms with van der Waals surface area (Å²) >= 11 is 0. The number of carbonyl (C=O) groups excluding carboxylic acids is 2. The average Bonchev–Trinajstić information content (AvgIpc) is 3.19. The summed E-state index contributed by atoms with van der Waals surface area (Å²) in [6, 6.07) is 8.33. The number of benzene rings is 1. The number of carbonyl (C=O) groups is 2. The number of nitrogens with zero attached hydrogens (tertiary/aromatic N) is 2. The minimum atomic E-state index is -0.192. The highest BCUT2D eigenvalue weighted by atomic mass is 16.2.